The van der Waals surface area contributed by atoms with Crippen LogP contribution in [0.2, 0.25) is 0 Å². The minimum absolute atomic E-state index is 0.00288. The molecule has 1 amide bonds. The van der Waals surface area contributed by atoms with Crippen molar-refractivity contribution in [2.45, 2.75) is 33.1 Å². The van der Waals surface area contributed by atoms with Crippen molar-refractivity contribution >= 4 is 16.8 Å². The molecular weight excluding hydrogens is 286 g/mol. The van der Waals surface area contributed by atoms with Gasteiger partial charge in [-0.2, -0.15) is 0 Å². The minimum Gasteiger partial charge on any atom is -0.351 e. The second-order valence-electron chi connectivity index (χ2n) is 6.44. The van der Waals surface area contributed by atoms with Crippen molar-refractivity contribution in [1.29, 1.82) is 0 Å². The fraction of sp³-hybridized carbons (Fsp3) is 0.474. The summed E-state index contributed by atoms with van der Waals surface area (Å²) in [5.74, 6) is 0.00288. The van der Waals surface area contributed by atoms with E-state index in [0.717, 1.165) is 47.4 Å². The molecular formula is C19H25N3O. The first-order valence-corrected chi connectivity index (χ1v) is 8.52. The highest BCUT2D eigenvalue weighted by molar-refractivity contribution is 6.06. The van der Waals surface area contributed by atoms with Crippen molar-refractivity contribution in [2.24, 2.45) is 0 Å². The van der Waals surface area contributed by atoms with Crippen molar-refractivity contribution in [3.05, 3.63) is 41.1 Å². The number of pyridine rings is 1. The van der Waals surface area contributed by atoms with Gasteiger partial charge in [0.05, 0.1) is 11.1 Å². The average molecular weight is 311 g/mol. The molecule has 2 aromatic rings. The smallest absolute Gasteiger partial charge is 0.252 e. The second kappa shape index (κ2) is 7.09. The molecule has 4 heteroatoms. The summed E-state index contributed by atoms with van der Waals surface area (Å²) in [5, 5.41) is 4.01. The maximum atomic E-state index is 12.6. The summed E-state index contributed by atoms with van der Waals surface area (Å²) < 4.78 is 0. The molecule has 0 atom stereocenters. The number of carbonyl (C=O) groups is 1. The number of hydrogen-bond donors (Lipinski definition) is 1. The first kappa shape index (κ1) is 15.9. The van der Waals surface area contributed by atoms with Gasteiger partial charge >= 0.3 is 0 Å². The van der Waals surface area contributed by atoms with Crippen LogP contribution in [-0.4, -0.2) is 42.0 Å². The number of nitrogens with one attached hydrogen (secondary N) is 1. The van der Waals surface area contributed by atoms with Gasteiger partial charge in [-0.25, -0.2) is 0 Å². The molecule has 0 saturated carbocycles. The highest BCUT2D eigenvalue weighted by Crippen LogP contribution is 2.21. The Bertz CT molecular complexity index is 705. The Kier molecular flexibility index (Phi) is 4.91. The molecule has 1 aliphatic heterocycles. The third kappa shape index (κ3) is 3.70. The Balaban J connectivity index is 1.71. The van der Waals surface area contributed by atoms with Gasteiger partial charge in [0.1, 0.15) is 0 Å². The standard InChI is InChI=1S/C19H25N3O/c1-14-7-6-8-16-17(13-15(2)21-18(14)16)19(23)20-9-12-22-10-4-3-5-11-22/h6-8,13H,3-5,9-12H2,1-2H3,(H,20,23). The molecule has 0 radical (unpaired) electrons. The maximum Gasteiger partial charge on any atom is 0.252 e. The van der Waals surface area contributed by atoms with E-state index < -0.39 is 0 Å². The van der Waals surface area contributed by atoms with Crippen molar-refractivity contribution < 1.29 is 4.79 Å². The van der Waals surface area contributed by atoms with Crippen LogP contribution < -0.4 is 5.32 Å². The number of likely N-dealkylation sites (tertiary alicyclic amines) is 1. The van der Waals surface area contributed by atoms with E-state index in [0.29, 0.717) is 6.54 Å². The third-order valence-electron chi connectivity index (χ3n) is 4.58. The van der Waals surface area contributed by atoms with E-state index in [1.54, 1.807) is 0 Å². The number of carbonyl (C=O) groups excluding carboxylic acids is 1. The van der Waals surface area contributed by atoms with Crippen LogP contribution in [0.25, 0.3) is 10.9 Å². The predicted molar refractivity (Wildman–Crippen MR) is 93.8 cm³/mol. The first-order chi connectivity index (χ1) is 11.1. The number of benzene rings is 1. The lowest BCUT2D eigenvalue weighted by Gasteiger charge is -2.26. The van der Waals surface area contributed by atoms with Gasteiger partial charge in [0.25, 0.3) is 5.91 Å². The lowest BCUT2D eigenvalue weighted by Crippen LogP contribution is -2.37. The molecule has 122 valence electrons. The molecule has 1 fully saturated rings. The maximum absolute atomic E-state index is 12.6. The molecule has 1 aromatic carbocycles. The topological polar surface area (TPSA) is 45.2 Å². The van der Waals surface area contributed by atoms with E-state index in [4.69, 9.17) is 0 Å². The lowest BCUT2D eigenvalue weighted by molar-refractivity contribution is 0.0948. The summed E-state index contributed by atoms with van der Waals surface area (Å²) in [5.41, 5.74) is 3.64. The van der Waals surface area contributed by atoms with Crippen LogP contribution in [0.3, 0.4) is 0 Å². The van der Waals surface area contributed by atoms with Gasteiger partial charge in [-0.05, 0) is 51.4 Å². The van der Waals surface area contributed by atoms with Gasteiger partial charge in [-0.1, -0.05) is 24.6 Å². The summed E-state index contributed by atoms with van der Waals surface area (Å²) in [4.78, 5) is 19.6. The van der Waals surface area contributed by atoms with E-state index in [9.17, 15) is 4.79 Å². The minimum atomic E-state index is 0.00288. The first-order valence-electron chi connectivity index (χ1n) is 8.52. The Morgan fingerprint density at radius 2 is 2.00 bits per heavy atom. The van der Waals surface area contributed by atoms with E-state index in [1.807, 2.05) is 38.1 Å². The number of hydrogen-bond acceptors (Lipinski definition) is 3. The van der Waals surface area contributed by atoms with E-state index in [2.05, 4.69) is 15.2 Å². The number of para-hydroxylation sites is 1. The number of fused-ring (bicyclic) bond motifs is 1. The van der Waals surface area contributed by atoms with Crippen molar-refractivity contribution in [3.63, 3.8) is 0 Å². The molecule has 1 saturated heterocycles. The number of rotatable bonds is 4. The molecule has 0 spiro atoms. The van der Waals surface area contributed by atoms with Crippen LogP contribution in [-0.2, 0) is 0 Å². The van der Waals surface area contributed by atoms with Gasteiger partial charge in [-0.15, -0.1) is 0 Å². The zero-order valence-electron chi connectivity index (χ0n) is 14.1. The van der Waals surface area contributed by atoms with Gasteiger partial charge < -0.3 is 10.2 Å². The van der Waals surface area contributed by atoms with Crippen LogP contribution in [0.5, 0.6) is 0 Å². The average Bonchev–Trinajstić information content (AvgIpc) is 2.56. The molecule has 1 aromatic heterocycles. The Morgan fingerprint density at radius 3 is 2.78 bits per heavy atom. The van der Waals surface area contributed by atoms with Gasteiger partial charge in [0, 0.05) is 24.2 Å². The molecule has 0 bridgehead atoms. The molecule has 4 nitrogen and oxygen atoms in total. The van der Waals surface area contributed by atoms with Crippen LogP contribution >= 0.6 is 0 Å². The fourth-order valence-corrected chi connectivity index (χ4v) is 3.31. The Hall–Kier alpha value is -1.94. The molecule has 1 N–H and O–H groups in total. The van der Waals surface area contributed by atoms with Crippen molar-refractivity contribution in [3.8, 4) is 0 Å². The SMILES string of the molecule is Cc1cc(C(=O)NCCN2CCCCC2)c2cccc(C)c2n1. The Labute approximate surface area is 137 Å². The van der Waals surface area contributed by atoms with Crippen LogP contribution in [0.4, 0.5) is 0 Å². The molecule has 3 rings (SSSR count). The molecule has 2 heterocycles. The largest absolute Gasteiger partial charge is 0.351 e. The normalized spacial score (nSPS) is 15.7. The molecule has 23 heavy (non-hydrogen) atoms. The number of piperidine rings is 1. The van der Waals surface area contributed by atoms with Crippen LogP contribution in [0.1, 0.15) is 40.9 Å². The van der Waals surface area contributed by atoms with E-state index in [-0.39, 0.29) is 5.91 Å². The van der Waals surface area contributed by atoms with E-state index in [1.165, 1.54) is 19.3 Å². The fourth-order valence-electron chi connectivity index (χ4n) is 3.31. The molecule has 0 unspecified atom stereocenters. The highest BCUT2D eigenvalue weighted by atomic mass is 16.1. The molecule has 0 aliphatic carbocycles. The summed E-state index contributed by atoms with van der Waals surface area (Å²) in [6.45, 7) is 7.93. The number of aryl methyl sites for hydroxylation is 2. The number of aromatic nitrogens is 1. The quantitative estimate of drug-likeness (QED) is 0.944. The third-order valence-corrected chi connectivity index (χ3v) is 4.58. The summed E-state index contributed by atoms with van der Waals surface area (Å²) in [7, 11) is 0. The van der Waals surface area contributed by atoms with Crippen LogP contribution in [0, 0.1) is 13.8 Å². The van der Waals surface area contributed by atoms with E-state index >= 15 is 0 Å². The molecule has 1 aliphatic rings. The van der Waals surface area contributed by atoms with Crippen molar-refractivity contribution in [1.82, 2.24) is 15.2 Å². The zero-order valence-corrected chi connectivity index (χ0v) is 14.1. The second-order valence-corrected chi connectivity index (χ2v) is 6.44. The Morgan fingerprint density at radius 1 is 1.22 bits per heavy atom. The lowest BCUT2D eigenvalue weighted by atomic mass is 10.0. The monoisotopic (exact) mass is 311 g/mol. The summed E-state index contributed by atoms with van der Waals surface area (Å²) in [6.07, 6.45) is 3.90. The number of amides is 1. The van der Waals surface area contributed by atoms with Crippen LogP contribution in [0.15, 0.2) is 24.3 Å². The number of nitrogens with zero attached hydrogens (tertiary/aromatic N) is 2. The van der Waals surface area contributed by atoms with Gasteiger partial charge in [0.2, 0.25) is 0 Å². The summed E-state index contributed by atoms with van der Waals surface area (Å²) >= 11 is 0. The van der Waals surface area contributed by atoms with Gasteiger partial charge in [0.15, 0.2) is 0 Å². The van der Waals surface area contributed by atoms with Gasteiger partial charge in [-0.3, -0.25) is 9.78 Å². The highest BCUT2D eigenvalue weighted by Gasteiger charge is 2.14. The predicted octanol–water partition coefficient (Wildman–Crippen LogP) is 3.07. The summed E-state index contributed by atoms with van der Waals surface area (Å²) in [6, 6.07) is 7.89. The zero-order chi connectivity index (χ0) is 16.2. The van der Waals surface area contributed by atoms with Crippen molar-refractivity contribution in [2.75, 3.05) is 26.2 Å².